The van der Waals surface area contributed by atoms with E-state index in [-0.39, 0.29) is 23.4 Å². The van der Waals surface area contributed by atoms with Gasteiger partial charge in [0, 0.05) is 16.7 Å². The number of aryl methyl sites for hydroxylation is 1. The Hall–Kier alpha value is -3.39. The molecular formula is C26H27N5O2S. The molecule has 1 N–H and O–H groups in total. The summed E-state index contributed by atoms with van der Waals surface area (Å²) in [5.41, 5.74) is 4.99. The van der Waals surface area contributed by atoms with Crippen molar-refractivity contribution >= 4 is 29.1 Å². The van der Waals surface area contributed by atoms with Gasteiger partial charge in [0.2, 0.25) is 11.7 Å². The fraction of sp³-hybridized carbons (Fsp3) is 0.308. The van der Waals surface area contributed by atoms with Crippen LogP contribution in [0.4, 0.5) is 5.69 Å². The number of nitrogens with one attached hydrogen (secondary N) is 1. The van der Waals surface area contributed by atoms with Crippen LogP contribution in [0.2, 0.25) is 0 Å². The Morgan fingerprint density at radius 1 is 1.18 bits per heavy atom. The van der Waals surface area contributed by atoms with Gasteiger partial charge in [0.05, 0.1) is 11.3 Å². The maximum Gasteiger partial charge on any atom is 0.265 e. The zero-order valence-corrected chi connectivity index (χ0v) is 20.6. The third kappa shape index (κ3) is 3.62. The van der Waals surface area contributed by atoms with Crippen molar-refractivity contribution in [3.05, 3.63) is 75.6 Å². The van der Waals surface area contributed by atoms with Crippen LogP contribution < -0.4 is 10.9 Å². The minimum Gasteiger partial charge on any atom is -0.324 e. The number of fused-ring (bicyclic) bond motifs is 4. The lowest BCUT2D eigenvalue weighted by molar-refractivity contribution is -0.116. The number of carbonyl (C=O) groups excluding carboxylic acids is 1. The number of carbonyl (C=O) groups is 1. The first-order chi connectivity index (χ1) is 16.3. The van der Waals surface area contributed by atoms with Crippen LogP contribution in [-0.4, -0.2) is 31.3 Å². The predicted molar refractivity (Wildman–Crippen MR) is 136 cm³/mol. The third-order valence-corrected chi connectivity index (χ3v) is 7.37. The highest BCUT2D eigenvalue weighted by Gasteiger charge is 2.38. The lowest BCUT2D eigenvalue weighted by Gasteiger charge is -2.35. The van der Waals surface area contributed by atoms with Crippen LogP contribution in [0, 0.1) is 6.92 Å². The number of hydrogen-bond donors (Lipinski definition) is 1. The molecule has 0 radical (unpaired) electrons. The molecule has 1 amide bonds. The number of rotatable bonds is 5. The molecule has 2 heterocycles. The summed E-state index contributed by atoms with van der Waals surface area (Å²) < 4.78 is 3.09. The molecule has 0 bridgehead atoms. The standard InChI is InChI=1S/C26H27N5O2S/c1-5-26(3)14-17-8-6-7-9-19(17)22-21(26)23(33)31-24(28-22)30(29-25(31)34-4)15-20(32)27-18-12-10-16(2)11-13-18/h6-13H,5,14-15H2,1-4H3,(H,27,32)/t26-/m1/s1. The highest BCUT2D eigenvalue weighted by atomic mass is 32.2. The van der Waals surface area contributed by atoms with Gasteiger partial charge >= 0.3 is 0 Å². The van der Waals surface area contributed by atoms with Crippen LogP contribution >= 0.6 is 11.8 Å². The Morgan fingerprint density at radius 2 is 1.91 bits per heavy atom. The maximum absolute atomic E-state index is 13.9. The number of benzene rings is 2. The molecule has 1 aliphatic rings. The Kier molecular flexibility index (Phi) is 5.56. The number of hydrogen-bond acceptors (Lipinski definition) is 5. The van der Waals surface area contributed by atoms with E-state index in [0.717, 1.165) is 29.5 Å². The van der Waals surface area contributed by atoms with Gasteiger partial charge in [-0.05, 0) is 43.7 Å². The maximum atomic E-state index is 13.9. The Bertz CT molecular complexity index is 1470. The van der Waals surface area contributed by atoms with Gasteiger partial charge in [-0.2, -0.15) is 0 Å². The second-order valence-corrected chi connectivity index (χ2v) is 9.86. The van der Waals surface area contributed by atoms with Crippen LogP contribution in [0.1, 0.15) is 37.0 Å². The fourth-order valence-electron chi connectivity index (χ4n) is 4.71. The third-order valence-electron chi connectivity index (χ3n) is 6.74. The van der Waals surface area contributed by atoms with Gasteiger partial charge in [0.25, 0.3) is 5.56 Å². The molecule has 8 heteroatoms. The summed E-state index contributed by atoms with van der Waals surface area (Å²) in [5.74, 6) is 0.148. The first kappa shape index (κ1) is 22.4. The summed E-state index contributed by atoms with van der Waals surface area (Å²) in [6, 6.07) is 15.7. The molecule has 0 saturated carbocycles. The molecule has 0 spiro atoms. The normalized spacial score (nSPS) is 16.8. The average molecular weight is 474 g/mol. The molecule has 2 aromatic heterocycles. The topological polar surface area (TPSA) is 81.3 Å². The van der Waals surface area contributed by atoms with E-state index in [1.165, 1.54) is 22.0 Å². The van der Waals surface area contributed by atoms with Crippen LogP contribution in [0.3, 0.4) is 0 Å². The zero-order valence-electron chi connectivity index (χ0n) is 19.8. The van der Waals surface area contributed by atoms with E-state index >= 15 is 0 Å². The van der Waals surface area contributed by atoms with Crippen molar-refractivity contribution in [1.82, 2.24) is 19.2 Å². The highest BCUT2D eigenvalue weighted by molar-refractivity contribution is 7.98. The largest absolute Gasteiger partial charge is 0.324 e. The van der Waals surface area contributed by atoms with Gasteiger partial charge in [-0.1, -0.05) is 67.6 Å². The molecule has 1 aliphatic carbocycles. The summed E-state index contributed by atoms with van der Waals surface area (Å²) in [7, 11) is 0. The van der Waals surface area contributed by atoms with Crippen LogP contribution in [0.25, 0.3) is 17.0 Å². The number of nitrogens with zero attached hydrogens (tertiary/aromatic N) is 4. The molecule has 7 nitrogen and oxygen atoms in total. The second kappa shape index (κ2) is 8.43. The van der Waals surface area contributed by atoms with Crippen molar-refractivity contribution in [2.75, 3.05) is 11.6 Å². The summed E-state index contributed by atoms with van der Waals surface area (Å²) in [6.07, 6.45) is 3.48. The van der Waals surface area contributed by atoms with Gasteiger partial charge < -0.3 is 5.32 Å². The zero-order chi connectivity index (χ0) is 24.0. The summed E-state index contributed by atoms with van der Waals surface area (Å²) in [6.45, 7) is 6.20. The number of aromatic nitrogens is 4. The van der Waals surface area contributed by atoms with Crippen molar-refractivity contribution < 1.29 is 4.79 Å². The monoisotopic (exact) mass is 473 g/mol. The minimum atomic E-state index is -0.324. The lowest BCUT2D eigenvalue weighted by atomic mass is 9.69. The molecule has 4 aromatic rings. The van der Waals surface area contributed by atoms with Crippen molar-refractivity contribution in [1.29, 1.82) is 0 Å². The minimum absolute atomic E-state index is 0.0458. The molecule has 0 fully saturated rings. The molecule has 2 aromatic carbocycles. The molecule has 5 rings (SSSR count). The molecule has 1 atom stereocenters. The molecule has 34 heavy (non-hydrogen) atoms. The average Bonchev–Trinajstić information content (AvgIpc) is 3.18. The van der Waals surface area contributed by atoms with E-state index in [1.54, 1.807) is 4.40 Å². The predicted octanol–water partition coefficient (Wildman–Crippen LogP) is 4.45. The molecular weight excluding hydrogens is 446 g/mol. The van der Waals surface area contributed by atoms with Crippen LogP contribution in [0.5, 0.6) is 0 Å². The van der Waals surface area contributed by atoms with E-state index in [2.05, 4.69) is 30.3 Å². The smallest absolute Gasteiger partial charge is 0.265 e. The molecule has 0 aliphatic heterocycles. The molecule has 0 unspecified atom stereocenters. The van der Waals surface area contributed by atoms with Gasteiger partial charge in [-0.3, -0.25) is 9.59 Å². The fourth-order valence-corrected chi connectivity index (χ4v) is 5.24. The van der Waals surface area contributed by atoms with Gasteiger partial charge in [-0.15, -0.1) is 5.10 Å². The first-order valence-corrected chi connectivity index (χ1v) is 12.6. The van der Waals surface area contributed by atoms with Crippen LogP contribution in [-0.2, 0) is 23.2 Å². The Labute approximate surface area is 202 Å². The summed E-state index contributed by atoms with van der Waals surface area (Å²) in [5, 5.41) is 8.01. The van der Waals surface area contributed by atoms with E-state index < -0.39 is 0 Å². The van der Waals surface area contributed by atoms with Crippen molar-refractivity contribution in [3.8, 4) is 11.3 Å². The number of amides is 1. The SMILES string of the molecule is CC[C@]1(C)Cc2ccccc2-c2nc3n(CC(=O)Nc4ccc(C)cc4)nc(SC)n3c(=O)c21. The van der Waals surface area contributed by atoms with Crippen molar-refractivity contribution in [2.24, 2.45) is 0 Å². The number of thioether (sulfide) groups is 1. The van der Waals surface area contributed by atoms with Crippen LogP contribution in [0.15, 0.2) is 58.5 Å². The van der Waals surface area contributed by atoms with E-state index in [1.807, 2.05) is 55.6 Å². The van der Waals surface area contributed by atoms with Gasteiger partial charge in [-0.25, -0.2) is 14.1 Å². The Morgan fingerprint density at radius 3 is 2.62 bits per heavy atom. The van der Waals surface area contributed by atoms with E-state index in [4.69, 9.17) is 4.98 Å². The van der Waals surface area contributed by atoms with Gasteiger partial charge in [0.15, 0.2) is 5.16 Å². The summed E-state index contributed by atoms with van der Waals surface area (Å²) in [4.78, 5) is 31.7. The van der Waals surface area contributed by atoms with Crippen molar-refractivity contribution in [3.63, 3.8) is 0 Å². The highest BCUT2D eigenvalue weighted by Crippen LogP contribution is 2.42. The first-order valence-electron chi connectivity index (χ1n) is 11.4. The van der Waals surface area contributed by atoms with Gasteiger partial charge in [0.1, 0.15) is 6.54 Å². The number of anilines is 1. The summed E-state index contributed by atoms with van der Waals surface area (Å²) >= 11 is 1.37. The second-order valence-electron chi connectivity index (χ2n) is 9.08. The Balaban J connectivity index is 1.65. The molecule has 0 saturated heterocycles. The lowest BCUT2D eigenvalue weighted by Crippen LogP contribution is -2.38. The molecule has 174 valence electrons. The van der Waals surface area contributed by atoms with E-state index in [9.17, 15) is 9.59 Å². The van der Waals surface area contributed by atoms with Crippen molar-refractivity contribution in [2.45, 2.75) is 50.7 Å². The quantitative estimate of drug-likeness (QED) is 0.433. The van der Waals surface area contributed by atoms with E-state index in [0.29, 0.717) is 22.3 Å².